The SMILES string of the molecule is COc1ccc(Oc2nc(C3CC3)ns2)c(Br)c1. The molecule has 1 aliphatic carbocycles. The van der Waals surface area contributed by atoms with Crippen LogP contribution in [0.3, 0.4) is 0 Å². The maximum Gasteiger partial charge on any atom is 0.298 e. The van der Waals surface area contributed by atoms with Crippen LogP contribution in [0.25, 0.3) is 0 Å². The molecule has 94 valence electrons. The Balaban J connectivity index is 1.78. The molecule has 0 saturated heterocycles. The molecular formula is C12H11BrN2O2S. The van der Waals surface area contributed by atoms with Crippen LogP contribution in [0.15, 0.2) is 22.7 Å². The molecule has 0 N–H and O–H groups in total. The predicted octanol–water partition coefficient (Wildman–Crippen LogP) is 3.98. The van der Waals surface area contributed by atoms with Gasteiger partial charge in [-0.2, -0.15) is 9.36 Å². The van der Waals surface area contributed by atoms with Gasteiger partial charge in [0.15, 0.2) is 0 Å². The zero-order chi connectivity index (χ0) is 12.5. The van der Waals surface area contributed by atoms with E-state index >= 15 is 0 Å². The lowest BCUT2D eigenvalue weighted by molar-refractivity contribution is 0.412. The fourth-order valence-electron chi connectivity index (χ4n) is 1.55. The second-order valence-electron chi connectivity index (χ2n) is 4.09. The van der Waals surface area contributed by atoms with E-state index in [2.05, 4.69) is 25.3 Å². The van der Waals surface area contributed by atoms with Gasteiger partial charge in [-0.05, 0) is 47.0 Å². The van der Waals surface area contributed by atoms with Crippen molar-refractivity contribution in [2.75, 3.05) is 7.11 Å². The molecule has 0 spiro atoms. The largest absolute Gasteiger partial charge is 0.497 e. The summed E-state index contributed by atoms with van der Waals surface area (Å²) in [6.45, 7) is 0. The predicted molar refractivity (Wildman–Crippen MR) is 72.7 cm³/mol. The molecule has 1 aliphatic rings. The van der Waals surface area contributed by atoms with Crippen LogP contribution in [-0.2, 0) is 0 Å². The topological polar surface area (TPSA) is 44.2 Å². The molecular weight excluding hydrogens is 316 g/mol. The molecule has 0 atom stereocenters. The smallest absolute Gasteiger partial charge is 0.298 e. The fourth-order valence-corrected chi connectivity index (χ4v) is 2.62. The van der Waals surface area contributed by atoms with Gasteiger partial charge in [-0.25, -0.2) is 0 Å². The van der Waals surface area contributed by atoms with Gasteiger partial charge in [0.05, 0.1) is 11.6 Å². The van der Waals surface area contributed by atoms with E-state index < -0.39 is 0 Å². The first-order chi connectivity index (χ1) is 8.76. The number of aromatic nitrogens is 2. The number of hydrogen-bond acceptors (Lipinski definition) is 5. The average molecular weight is 327 g/mol. The van der Waals surface area contributed by atoms with Gasteiger partial charge < -0.3 is 9.47 Å². The summed E-state index contributed by atoms with van der Waals surface area (Å²) >= 11 is 4.74. The Hall–Kier alpha value is -1.14. The molecule has 0 amide bonds. The van der Waals surface area contributed by atoms with Crippen LogP contribution in [0.1, 0.15) is 24.6 Å². The first-order valence-electron chi connectivity index (χ1n) is 5.61. The zero-order valence-electron chi connectivity index (χ0n) is 9.72. The van der Waals surface area contributed by atoms with Crippen LogP contribution >= 0.6 is 27.5 Å². The van der Waals surface area contributed by atoms with Crippen molar-refractivity contribution >= 4 is 27.5 Å². The summed E-state index contributed by atoms with van der Waals surface area (Å²) in [5, 5.41) is 0.586. The number of ether oxygens (including phenoxy) is 2. The van der Waals surface area contributed by atoms with Gasteiger partial charge in [-0.3, -0.25) is 0 Å². The minimum Gasteiger partial charge on any atom is -0.497 e. The summed E-state index contributed by atoms with van der Waals surface area (Å²) < 4.78 is 16.0. The second kappa shape index (κ2) is 4.85. The van der Waals surface area contributed by atoms with Gasteiger partial charge in [-0.1, -0.05) is 0 Å². The molecule has 0 aliphatic heterocycles. The number of benzene rings is 1. The third-order valence-electron chi connectivity index (χ3n) is 2.70. The molecule has 1 heterocycles. The summed E-state index contributed by atoms with van der Waals surface area (Å²) in [6.07, 6.45) is 2.39. The third-order valence-corrected chi connectivity index (χ3v) is 3.93. The standard InChI is InChI=1S/C12H11BrN2O2S/c1-16-8-4-5-10(9(13)6-8)17-12-14-11(15-18-12)7-2-3-7/h4-7H,2-3H2,1H3. The fraction of sp³-hybridized carbons (Fsp3) is 0.333. The van der Waals surface area contributed by atoms with Crippen molar-refractivity contribution in [3.05, 3.63) is 28.5 Å². The Labute approximate surface area is 117 Å². The Morgan fingerprint density at radius 3 is 2.89 bits per heavy atom. The van der Waals surface area contributed by atoms with Crippen molar-refractivity contribution in [1.29, 1.82) is 0 Å². The minimum atomic E-state index is 0.554. The number of methoxy groups -OCH3 is 1. The molecule has 1 saturated carbocycles. The zero-order valence-corrected chi connectivity index (χ0v) is 12.1. The van der Waals surface area contributed by atoms with Gasteiger partial charge in [0.1, 0.15) is 17.3 Å². The molecule has 1 aromatic carbocycles. The lowest BCUT2D eigenvalue weighted by Crippen LogP contribution is -1.88. The van der Waals surface area contributed by atoms with Crippen molar-refractivity contribution in [3.63, 3.8) is 0 Å². The molecule has 0 bridgehead atoms. The van der Waals surface area contributed by atoms with Crippen LogP contribution in [0, 0.1) is 0 Å². The summed E-state index contributed by atoms with van der Waals surface area (Å²) in [5.74, 6) is 2.97. The van der Waals surface area contributed by atoms with Gasteiger partial charge >= 0.3 is 0 Å². The highest BCUT2D eigenvalue weighted by Crippen LogP contribution is 2.40. The summed E-state index contributed by atoms with van der Waals surface area (Å²) in [4.78, 5) is 4.38. The number of rotatable bonds is 4. The Bertz CT molecular complexity index is 569. The molecule has 18 heavy (non-hydrogen) atoms. The monoisotopic (exact) mass is 326 g/mol. The van der Waals surface area contributed by atoms with E-state index in [0.717, 1.165) is 16.0 Å². The Morgan fingerprint density at radius 1 is 1.39 bits per heavy atom. The molecule has 3 rings (SSSR count). The Morgan fingerprint density at radius 2 is 2.22 bits per heavy atom. The van der Waals surface area contributed by atoms with E-state index in [1.54, 1.807) is 7.11 Å². The van der Waals surface area contributed by atoms with Crippen molar-refractivity contribution < 1.29 is 9.47 Å². The van der Waals surface area contributed by atoms with Gasteiger partial charge in [0.25, 0.3) is 5.19 Å². The maximum absolute atomic E-state index is 5.71. The van der Waals surface area contributed by atoms with E-state index in [1.807, 2.05) is 18.2 Å². The highest BCUT2D eigenvalue weighted by atomic mass is 79.9. The van der Waals surface area contributed by atoms with Gasteiger partial charge in [0.2, 0.25) is 0 Å². The maximum atomic E-state index is 5.71. The lowest BCUT2D eigenvalue weighted by Gasteiger charge is -2.05. The van der Waals surface area contributed by atoms with Crippen LogP contribution in [0.5, 0.6) is 16.7 Å². The van der Waals surface area contributed by atoms with E-state index in [1.165, 1.54) is 24.4 Å². The van der Waals surface area contributed by atoms with Crippen molar-refractivity contribution in [1.82, 2.24) is 9.36 Å². The van der Waals surface area contributed by atoms with E-state index in [9.17, 15) is 0 Å². The summed E-state index contributed by atoms with van der Waals surface area (Å²) in [5.41, 5.74) is 0. The van der Waals surface area contributed by atoms with Gasteiger partial charge in [0, 0.05) is 17.5 Å². The van der Waals surface area contributed by atoms with E-state index in [-0.39, 0.29) is 0 Å². The molecule has 2 aromatic rings. The molecule has 0 radical (unpaired) electrons. The highest BCUT2D eigenvalue weighted by molar-refractivity contribution is 9.10. The lowest BCUT2D eigenvalue weighted by atomic mass is 10.3. The molecule has 1 fully saturated rings. The van der Waals surface area contributed by atoms with Crippen LogP contribution in [-0.4, -0.2) is 16.5 Å². The second-order valence-corrected chi connectivity index (χ2v) is 5.66. The molecule has 0 unspecified atom stereocenters. The molecule has 1 aromatic heterocycles. The summed E-state index contributed by atoms with van der Waals surface area (Å²) in [7, 11) is 1.63. The first kappa shape index (κ1) is 11.9. The average Bonchev–Trinajstić information content (AvgIpc) is 3.13. The van der Waals surface area contributed by atoms with Crippen LogP contribution < -0.4 is 9.47 Å². The first-order valence-corrected chi connectivity index (χ1v) is 7.18. The van der Waals surface area contributed by atoms with Crippen molar-refractivity contribution in [3.8, 4) is 16.7 Å². The number of hydrogen-bond donors (Lipinski definition) is 0. The molecule has 6 heteroatoms. The third kappa shape index (κ3) is 2.49. The molecule has 4 nitrogen and oxygen atoms in total. The number of nitrogens with zero attached hydrogens (tertiary/aromatic N) is 2. The Kier molecular flexibility index (Phi) is 3.22. The number of halogens is 1. The van der Waals surface area contributed by atoms with Gasteiger partial charge in [-0.15, -0.1) is 0 Å². The summed E-state index contributed by atoms with van der Waals surface area (Å²) in [6, 6.07) is 5.56. The van der Waals surface area contributed by atoms with Crippen molar-refractivity contribution in [2.24, 2.45) is 0 Å². The van der Waals surface area contributed by atoms with E-state index in [0.29, 0.717) is 16.9 Å². The van der Waals surface area contributed by atoms with Crippen LogP contribution in [0.2, 0.25) is 0 Å². The van der Waals surface area contributed by atoms with E-state index in [4.69, 9.17) is 9.47 Å². The normalized spacial score (nSPS) is 14.6. The van der Waals surface area contributed by atoms with Crippen LogP contribution in [0.4, 0.5) is 0 Å². The van der Waals surface area contributed by atoms with Crippen molar-refractivity contribution in [2.45, 2.75) is 18.8 Å². The minimum absolute atomic E-state index is 0.554. The quantitative estimate of drug-likeness (QED) is 0.852. The highest BCUT2D eigenvalue weighted by Gasteiger charge is 2.28.